The Bertz CT molecular complexity index is 462. The van der Waals surface area contributed by atoms with Gasteiger partial charge in [-0.15, -0.1) is 0 Å². The summed E-state index contributed by atoms with van der Waals surface area (Å²) in [6.45, 7) is 4.80. The zero-order valence-electron chi connectivity index (χ0n) is 9.46. The monoisotopic (exact) mass is 217 g/mol. The van der Waals surface area contributed by atoms with Gasteiger partial charge in [-0.25, -0.2) is 0 Å². The Morgan fingerprint density at radius 1 is 1.44 bits per heavy atom. The van der Waals surface area contributed by atoms with E-state index in [2.05, 4.69) is 15.1 Å². The van der Waals surface area contributed by atoms with Gasteiger partial charge in [0.25, 0.3) is 0 Å². The molecule has 0 aliphatic carbocycles. The Morgan fingerprint density at radius 3 is 2.88 bits per heavy atom. The molecule has 1 unspecified atom stereocenters. The summed E-state index contributed by atoms with van der Waals surface area (Å²) in [4.78, 5) is 8.23. The van der Waals surface area contributed by atoms with Gasteiger partial charge in [-0.3, -0.25) is 14.6 Å². The first-order chi connectivity index (χ1) is 7.72. The van der Waals surface area contributed by atoms with Crippen LogP contribution in [0.1, 0.15) is 30.0 Å². The molecule has 0 radical (unpaired) electrons. The van der Waals surface area contributed by atoms with E-state index in [9.17, 15) is 0 Å². The molecule has 5 nitrogen and oxygen atoms in total. The van der Waals surface area contributed by atoms with Crippen LogP contribution in [0.4, 0.5) is 0 Å². The Kier molecular flexibility index (Phi) is 2.96. The molecule has 84 valence electrons. The summed E-state index contributed by atoms with van der Waals surface area (Å²) < 4.78 is 1.90. The fraction of sp³-hybridized carbons (Fsp3) is 0.364. The quantitative estimate of drug-likeness (QED) is 0.834. The fourth-order valence-corrected chi connectivity index (χ4v) is 1.69. The van der Waals surface area contributed by atoms with Crippen molar-refractivity contribution in [3.63, 3.8) is 0 Å². The first-order valence-electron chi connectivity index (χ1n) is 5.28. The van der Waals surface area contributed by atoms with Crippen LogP contribution in [0.3, 0.4) is 0 Å². The number of nitrogens with zero attached hydrogens (tertiary/aromatic N) is 4. The van der Waals surface area contributed by atoms with Crippen molar-refractivity contribution in [3.05, 3.63) is 41.7 Å². The second-order valence-electron chi connectivity index (χ2n) is 3.63. The third-order valence-electron chi connectivity index (χ3n) is 2.45. The van der Waals surface area contributed by atoms with Gasteiger partial charge in [0.2, 0.25) is 0 Å². The molecule has 2 aromatic heterocycles. The smallest absolute Gasteiger partial charge is 0.0912 e. The van der Waals surface area contributed by atoms with E-state index in [0.717, 1.165) is 23.6 Å². The van der Waals surface area contributed by atoms with Crippen molar-refractivity contribution in [3.8, 4) is 0 Å². The summed E-state index contributed by atoms with van der Waals surface area (Å²) in [6.07, 6.45) is 4.97. The lowest BCUT2D eigenvalue weighted by atomic mass is 10.1. The van der Waals surface area contributed by atoms with Crippen molar-refractivity contribution in [2.24, 2.45) is 5.73 Å². The van der Waals surface area contributed by atoms with E-state index in [4.69, 9.17) is 5.73 Å². The van der Waals surface area contributed by atoms with E-state index in [1.165, 1.54) is 0 Å². The van der Waals surface area contributed by atoms with Crippen molar-refractivity contribution in [1.29, 1.82) is 0 Å². The minimum absolute atomic E-state index is 0.269. The molecule has 2 rings (SSSR count). The Labute approximate surface area is 94.3 Å². The molecule has 5 heteroatoms. The van der Waals surface area contributed by atoms with E-state index in [1.807, 2.05) is 24.6 Å². The first-order valence-corrected chi connectivity index (χ1v) is 5.28. The Hall–Kier alpha value is -1.75. The van der Waals surface area contributed by atoms with Gasteiger partial charge in [0, 0.05) is 18.9 Å². The standard InChI is InChI=1S/C11H15N5/c1-3-16-10(6-8(2)15-16)11(12)9-7-13-4-5-14-9/h4-7,11H,3,12H2,1-2H3. The van der Waals surface area contributed by atoms with Crippen LogP contribution in [0.25, 0.3) is 0 Å². The normalized spacial score (nSPS) is 12.7. The average molecular weight is 217 g/mol. The number of hydrogen-bond acceptors (Lipinski definition) is 4. The zero-order chi connectivity index (χ0) is 11.5. The van der Waals surface area contributed by atoms with E-state index >= 15 is 0 Å². The maximum absolute atomic E-state index is 6.14. The third-order valence-corrected chi connectivity index (χ3v) is 2.45. The van der Waals surface area contributed by atoms with Crippen LogP contribution in [0.2, 0.25) is 0 Å². The minimum Gasteiger partial charge on any atom is -0.318 e. The molecular formula is C11H15N5. The predicted octanol–water partition coefficient (Wildman–Crippen LogP) is 1.05. The van der Waals surface area contributed by atoms with Gasteiger partial charge in [0.1, 0.15) is 0 Å². The lowest BCUT2D eigenvalue weighted by molar-refractivity contribution is 0.592. The molecular weight excluding hydrogens is 202 g/mol. The van der Waals surface area contributed by atoms with Crippen LogP contribution in [-0.4, -0.2) is 19.7 Å². The van der Waals surface area contributed by atoms with Crippen LogP contribution >= 0.6 is 0 Å². The van der Waals surface area contributed by atoms with Gasteiger partial charge in [0.15, 0.2) is 0 Å². The van der Waals surface area contributed by atoms with Gasteiger partial charge in [-0.05, 0) is 19.9 Å². The highest BCUT2D eigenvalue weighted by Gasteiger charge is 2.15. The topological polar surface area (TPSA) is 69.6 Å². The molecule has 0 fully saturated rings. The maximum Gasteiger partial charge on any atom is 0.0912 e. The van der Waals surface area contributed by atoms with Crippen LogP contribution in [0.5, 0.6) is 0 Å². The van der Waals surface area contributed by atoms with Crippen LogP contribution < -0.4 is 5.73 Å². The molecule has 0 amide bonds. The van der Waals surface area contributed by atoms with E-state index in [-0.39, 0.29) is 6.04 Å². The summed E-state index contributed by atoms with van der Waals surface area (Å²) in [6, 6.07) is 1.72. The van der Waals surface area contributed by atoms with E-state index in [1.54, 1.807) is 18.6 Å². The number of hydrogen-bond donors (Lipinski definition) is 1. The highest BCUT2D eigenvalue weighted by atomic mass is 15.3. The average Bonchev–Trinajstić information content (AvgIpc) is 2.70. The third kappa shape index (κ3) is 1.94. The summed E-state index contributed by atoms with van der Waals surface area (Å²) >= 11 is 0. The number of nitrogens with two attached hydrogens (primary N) is 1. The Morgan fingerprint density at radius 2 is 2.25 bits per heavy atom. The molecule has 0 saturated heterocycles. The van der Waals surface area contributed by atoms with Crippen LogP contribution in [0.15, 0.2) is 24.7 Å². The summed E-state index contributed by atoms with van der Waals surface area (Å²) in [5.74, 6) is 0. The fourth-order valence-electron chi connectivity index (χ4n) is 1.69. The lowest BCUT2D eigenvalue weighted by Gasteiger charge is -2.11. The van der Waals surface area contributed by atoms with Gasteiger partial charge in [-0.2, -0.15) is 5.10 Å². The molecule has 0 spiro atoms. The van der Waals surface area contributed by atoms with Crippen LogP contribution in [-0.2, 0) is 6.54 Å². The zero-order valence-corrected chi connectivity index (χ0v) is 9.46. The van der Waals surface area contributed by atoms with Crippen molar-refractivity contribution in [2.75, 3.05) is 0 Å². The highest BCUT2D eigenvalue weighted by molar-refractivity contribution is 5.21. The molecule has 0 aliphatic rings. The molecule has 16 heavy (non-hydrogen) atoms. The van der Waals surface area contributed by atoms with Gasteiger partial charge in [-0.1, -0.05) is 0 Å². The predicted molar refractivity (Wildman–Crippen MR) is 60.7 cm³/mol. The van der Waals surface area contributed by atoms with Crippen molar-refractivity contribution >= 4 is 0 Å². The SMILES string of the molecule is CCn1nc(C)cc1C(N)c1cnccn1. The summed E-state index contributed by atoms with van der Waals surface area (Å²) in [7, 11) is 0. The van der Waals surface area contributed by atoms with E-state index < -0.39 is 0 Å². The number of aryl methyl sites for hydroxylation is 2. The maximum atomic E-state index is 6.14. The Balaban J connectivity index is 2.37. The van der Waals surface area contributed by atoms with E-state index in [0.29, 0.717) is 0 Å². The lowest BCUT2D eigenvalue weighted by Crippen LogP contribution is -2.18. The second kappa shape index (κ2) is 4.40. The molecule has 0 bridgehead atoms. The van der Waals surface area contributed by atoms with Gasteiger partial charge >= 0.3 is 0 Å². The largest absolute Gasteiger partial charge is 0.318 e. The number of rotatable bonds is 3. The first kappa shape index (κ1) is 10.8. The van der Waals surface area contributed by atoms with Crippen molar-refractivity contribution < 1.29 is 0 Å². The highest BCUT2D eigenvalue weighted by Crippen LogP contribution is 2.17. The van der Waals surface area contributed by atoms with Gasteiger partial charge < -0.3 is 5.73 Å². The summed E-state index contributed by atoms with van der Waals surface area (Å²) in [5, 5.41) is 4.36. The van der Waals surface area contributed by atoms with Crippen molar-refractivity contribution in [1.82, 2.24) is 19.7 Å². The molecule has 0 saturated carbocycles. The van der Waals surface area contributed by atoms with Crippen LogP contribution in [0, 0.1) is 6.92 Å². The molecule has 2 aromatic rings. The summed E-state index contributed by atoms with van der Waals surface area (Å²) in [5.41, 5.74) is 8.85. The van der Waals surface area contributed by atoms with Crippen molar-refractivity contribution in [2.45, 2.75) is 26.4 Å². The molecule has 0 aliphatic heterocycles. The molecule has 2 N–H and O–H groups in total. The second-order valence-corrected chi connectivity index (χ2v) is 3.63. The molecule has 1 atom stereocenters. The number of aromatic nitrogens is 4. The molecule has 0 aromatic carbocycles. The molecule has 2 heterocycles. The van der Waals surface area contributed by atoms with Gasteiger partial charge in [0.05, 0.1) is 29.3 Å². The minimum atomic E-state index is -0.269.